The monoisotopic (exact) mass is 208 g/mol. The van der Waals surface area contributed by atoms with E-state index in [1.54, 1.807) is 0 Å². The highest BCUT2D eigenvalue weighted by atomic mass is 19.4. The predicted octanol–water partition coefficient (Wildman–Crippen LogP) is 2.17. The molecule has 2 N–H and O–H groups in total. The highest BCUT2D eigenvalue weighted by Gasteiger charge is 2.31. The van der Waals surface area contributed by atoms with E-state index in [9.17, 15) is 17.6 Å². The van der Waals surface area contributed by atoms with E-state index < -0.39 is 24.5 Å². The number of hydrogen-bond acceptors (Lipinski definition) is 2. The lowest BCUT2D eigenvalue weighted by atomic mass is 10.1. The van der Waals surface area contributed by atoms with Crippen LogP contribution in [0.25, 0.3) is 0 Å². The summed E-state index contributed by atoms with van der Waals surface area (Å²) in [6, 6.07) is -0.318. The van der Waals surface area contributed by atoms with Crippen LogP contribution in [-0.4, -0.2) is 11.2 Å². The maximum Gasteiger partial charge on any atom is 0.390 e. The molecule has 14 heavy (non-hydrogen) atoms. The van der Waals surface area contributed by atoms with Crippen LogP contribution >= 0.6 is 0 Å². The van der Waals surface area contributed by atoms with Gasteiger partial charge in [0.25, 0.3) is 0 Å². The Hall–Kier alpha value is -1.17. The van der Waals surface area contributed by atoms with Gasteiger partial charge in [-0.3, -0.25) is 4.98 Å². The van der Waals surface area contributed by atoms with Crippen LogP contribution in [0.2, 0.25) is 0 Å². The van der Waals surface area contributed by atoms with Crippen molar-refractivity contribution in [2.75, 3.05) is 0 Å². The summed E-state index contributed by atoms with van der Waals surface area (Å²) in [4.78, 5) is 3.41. The van der Waals surface area contributed by atoms with Gasteiger partial charge in [0, 0.05) is 12.2 Å². The fraction of sp³-hybridized carbons (Fsp3) is 0.375. The molecular weight excluding hydrogens is 200 g/mol. The minimum absolute atomic E-state index is 0.0438. The van der Waals surface area contributed by atoms with Gasteiger partial charge in [0.2, 0.25) is 0 Å². The Morgan fingerprint density at radius 3 is 2.50 bits per heavy atom. The first-order valence-corrected chi connectivity index (χ1v) is 3.81. The Morgan fingerprint density at radius 1 is 1.36 bits per heavy atom. The Balaban J connectivity index is 2.74. The number of alkyl halides is 3. The lowest BCUT2D eigenvalue weighted by Gasteiger charge is -2.13. The van der Waals surface area contributed by atoms with Gasteiger partial charge in [-0.2, -0.15) is 13.2 Å². The first kappa shape index (κ1) is 10.9. The van der Waals surface area contributed by atoms with Gasteiger partial charge in [-0.1, -0.05) is 0 Å². The Morgan fingerprint density at radius 2 is 2.00 bits per heavy atom. The predicted molar refractivity (Wildman–Crippen MR) is 41.8 cm³/mol. The van der Waals surface area contributed by atoms with E-state index >= 15 is 0 Å². The smallest absolute Gasteiger partial charge is 0.324 e. The molecule has 0 amide bonds. The molecule has 1 heterocycles. The molecule has 0 aliphatic heterocycles. The zero-order chi connectivity index (χ0) is 10.8. The topological polar surface area (TPSA) is 38.9 Å². The number of hydrogen-bond donors (Lipinski definition) is 1. The molecule has 6 heteroatoms. The lowest BCUT2D eigenvalue weighted by Crippen LogP contribution is -2.20. The fourth-order valence-corrected chi connectivity index (χ4v) is 0.998. The zero-order valence-corrected chi connectivity index (χ0v) is 7.05. The van der Waals surface area contributed by atoms with Crippen molar-refractivity contribution in [2.24, 2.45) is 5.73 Å². The zero-order valence-electron chi connectivity index (χ0n) is 7.05. The summed E-state index contributed by atoms with van der Waals surface area (Å²) in [7, 11) is 0. The number of nitrogens with two attached hydrogens (primary N) is 1. The van der Waals surface area contributed by atoms with Crippen molar-refractivity contribution < 1.29 is 17.6 Å². The minimum Gasteiger partial charge on any atom is -0.324 e. The summed E-state index contributed by atoms with van der Waals surface area (Å²) in [6.07, 6.45) is -3.51. The minimum atomic E-state index is -4.36. The number of halogens is 4. The average Bonchev–Trinajstić information content (AvgIpc) is 2.01. The van der Waals surface area contributed by atoms with Crippen LogP contribution in [0.5, 0.6) is 0 Å². The lowest BCUT2D eigenvalue weighted by molar-refractivity contribution is -0.138. The fourth-order valence-electron chi connectivity index (χ4n) is 0.998. The van der Waals surface area contributed by atoms with Crippen molar-refractivity contribution in [3.05, 3.63) is 29.8 Å². The highest BCUT2D eigenvalue weighted by molar-refractivity contribution is 5.14. The molecule has 0 fully saturated rings. The van der Waals surface area contributed by atoms with Gasteiger partial charge in [-0.05, 0) is 11.6 Å². The average molecular weight is 208 g/mol. The van der Waals surface area contributed by atoms with Gasteiger partial charge in [-0.15, -0.1) is 0 Å². The van der Waals surface area contributed by atoms with E-state index in [0.29, 0.717) is 0 Å². The van der Waals surface area contributed by atoms with Crippen LogP contribution in [0.1, 0.15) is 18.0 Å². The van der Waals surface area contributed by atoms with E-state index in [2.05, 4.69) is 4.98 Å². The third-order valence-corrected chi connectivity index (χ3v) is 1.61. The summed E-state index contributed by atoms with van der Waals surface area (Å²) in [5.74, 6) is -0.694. The Bertz CT molecular complexity index is 310. The molecule has 0 saturated heterocycles. The van der Waals surface area contributed by atoms with Crippen LogP contribution in [-0.2, 0) is 0 Å². The molecule has 1 aromatic heterocycles. The van der Waals surface area contributed by atoms with E-state index in [4.69, 9.17) is 5.73 Å². The molecule has 0 aromatic carbocycles. The largest absolute Gasteiger partial charge is 0.390 e. The molecule has 1 rings (SSSR count). The van der Waals surface area contributed by atoms with Crippen LogP contribution in [0.4, 0.5) is 17.6 Å². The van der Waals surface area contributed by atoms with Gasteiger partial charge < -0.3 is 5.73 Å². The third-order valence-electron chi connectivity index (χ3n) is 1.61. The van der Waals surface area contributed by atoms with Gasteiger partial charge in [-0.25, -0.2) is 4.39 Å². The maximum absolute atomic E-state index is 12.6. The molecule has 1 aromatic rings. The first-order chi connectivity index (χ1) is 6.38. The second-order valence-electron chi connectivity index (χ2n) is 2.86. The Kier molecular flexibility index (Phi) is 3.05. The maximum atomic E-state index is 12.6. The molecular formula is C8H8F4N2. The highest BCUT2D eigenvalue weighted by Crippen LogP contribution is 2.27. The molecule has 0 saturated carbocycles. The van der Waals surface area contributed by atoms with Crippen LogP contribution in [0.15, 0.2) is 18.5 Å². The van der Waals surface area contributed by atoms with Crippen molar-refractivity contribution in [2.45, 2.75) is 18.6 Å². The third kappa shape index (κ3) is 3.29. The van der Waals surface area contributed by atoms with Crippen molar-refractivity contribution >= 4 is 0 Å². The molecule has 1 unspecified atom stereocenters. The van der Waals surface area contributed by atoms with Crippen LogP contribution < -0.4 is 5.73 Å². The number of pyridine rings is 1. The van der Waals surface area contributed by atoms with Crippen molar-refractivity contribution in [3.8, 4) is 0 Å². The second kappa shape index (κ2) is 3.91. The summed E-state index contributed by atoms with van der Waals surface area (Å²) < 4.78 is 48.3. The molecule has 78 valence electrons. The van der Waals surface area contributed by atoms with E-state index in [-0.39, 0.29) is 5.56 Å². The summed E-state index contributed by atoms with van der Waals surface area (Å²) >= 11 is 0. The van der Waals surface area contributed by atoms with Crippen molar-refractivity contribution in [1.82, 2.24) is 4.98 Å². The van der Waals surface area contributed by atoms with Gasteiger partial charge in [0.05, 0.1) is 12.6 Å². The van der Waals surface area contributed by atoms with Crippen LogP contribution in [0, 0.1) is 5.82 Å². The van der Waals surface area contributed by atoms with Gasteiger partial charge >= 0.3 is 6.18 Å². The van der Waals surface area contributed by atoms with E-state index in [1.165, 1.54) is 0 Å². The molecule has 0 aliphatic carbocycles. The second-order valence-corrected chi connectivity index (χ2v) is 2.86. The van der Waals surface area contributed by atoms with Gasteiger partial charge in [0.15, 0.2) is 0 Å². The standard InChI is InChI=1S/C8H8F4N2/c9-6-1-5(3-14-4-6)7(13)2-8(10,11)12/h1,3-4,7H,2,13H2. The number of rotatable bonds is 2. The first-order valence-electron chi connectivity index (χ1n) is 3.81. The van der Waals surface area contributed by atoms with Gasteiger partial charge in [0.1, 0.15) is 5.82 Å². The molecule has 0 radical (unpaired) electrons. The Labute approximate surface area is 77.7 Å². The number of nitrogens with zero attached hydrogens (tertiary/aromatic N) is 1. The van der Waals surface area contributed by atoms with E-state index in [0.717, 1.165) is 18.5 Å². The summed E-state index contributed by atoms with van der Waals surface area (Å²) in [5, 5.41) is 0. The normalized spacial score (nSPS) is 14.1. The molecule has 0 spiro atoms. The van der Waals surface area contributed by atoms with Crippen molar-refractivity contribution in [1.29, 1.82) is 0 Å². The molecule has 1 atom stereocenters. The quantitative estimate of drug-likeness (QED) is 0.756. The molecule has 0 aliphatic rings. The molecule has 2 nitrogen and oxygen atoms in total. The summed E-state index contributed by atoms with van der Waals surface area (Å²) in [5.41, 5.74) is 5.27. The number of aromatic nitrogens is 1. The SMILES string of the molecule is NC(CC(F)(F)F)c1cncc(F)c1. The summed E-state index contributed by atoms with van der Waals surface area (Å²) in [6.45, 7) is 0. The van der Waals surface area contributed by atoms with Crippen molar-refractivity contribution in [3.63, 3.8) is 0 Å². The molecule has 0 bridgehead atoms. The van der Waals surface area contributed by atoms with Crippen LogP contribution in [0.3, 0.4) is 0 Å². The van der Waals surface area contributed by atoms with E-state index in [1.807, 2.05) is 0 Å².